The highest BCUT2D eigenvalue weighted by Crippen LogP contribution is 2.30. The predicted octanol–water partition coefficient (Wildman–Crippen LogP) is 3.53. The van der Waals surface area contributed by atoms with Crippen LogP contribution >= 0.6 is 0 Å². The molecule has 0 spiro atoms. The molecule has 1 fully saturated rings. The average Bonchev–Trinajstić information content (AvgIpc) is 2.85. The van der Waals surface area contributed by atoms with E-state index in [0.29, 0.717) is 19.3 Å². The molecule has 1 aromatic carbocycles. The SMILES string of the molecule is CCC1(CC)NC(=O)N(CC(=O)NC(CC(C)(C)C)c2ccc(F)cc2)C1=O. The van der Waals surface area contributed by atoms with Crippen molar-refractivity contribution in [1.29, 1.82) is 0 Å². The van der Waals surface area contributed by atoms with E-state index in [1.807, 2.05) is 34.6 Å². The highest BCUT2D eigenvalue weighted by atomic mass is 19.1. The van der Waals surface area contributed by atoms with Gasteiger partial charge < -0.3 is 10.6 Å². The van der Waals surface area contributed by atoms with Crippen molar-refractivity contribution < 1.29 is 18.8 Å². The fraction of sp³-hybridized carbons (Fsp3) is 0.571. The van der Waals surface area contributed by atoms with Crippen LogP contribution in [0.5, 0.6) is 0 Å². The Kier molecular flexibility index (Phi) is 6.47. The first-order valence-corrected chi connectivity index (χ1v) is 9.70. The Balaban J connectivity index is 2.14. The summed E-state index contributed by atoms with van der Waals surface area (Å²) in [7, 11) is 0. The second kappa shape index (κ2) is 8.29. The summed E-state index contributed by atoms with van der Waals surface area (Å²) >= 11 is 0. The molecule has 1 aliphatic rings. The molecule has 1 saturated heterocycles. The smallest absolute Gasteiger partial charge is 0.325 e. The minimum absolute atomic E-state index is 0.0905. The lowest BCUT2D eigenvalue weighted by molar-refractivity contribution is -0.135. The van der Waals surface area contributed by atoms with E-state index in [2.05, 4.69) is 10.6 Å². The van der Waals surface area contributed by atoms with E-state index in [9.17, 15) is 18.8 Å². The van der Waals surface area contributed by atoms with Crippen LogP contribution in [0.1, 0.15) is 65.5 Å². The van der Waals surface area contributed by atoms with E-state index < -0.39 is 17.5 Å². The van der Waals surface area contributed by atoms with Gasteiger partial charge in [0.05, 0.1) is 6.04 Å². The van der Waals surface area contributed by atoms with Crippen molar-refractivity contribution in [1.82, 2.24) is 15.5 Å². The minimum atomic E-state index is -0.931. The van der Waals surface area contributed by atoms with Crippen LogP contribution in [0.4, 0.5) is 9.18 Å². The summed E-state index contributed by atoms with van der Waals surface area (Å²) in [6.45, 7) is 9.46. The predicted molar refractivity (Wildman–Crippen MR) is 105 cm³/mol. The highest BCUT2D eigenvalue weighted by molar-refractivity contribution is 6.09. The number of urea groups is 1. The van der Waals surface area contributed by atoms with Gasteiger partial charge in [0.25, 0.3) is 5.91 Å². The van der Waals surface area contributed by atoms with Gasteiger partial charge in [0.1, 0.15) is 17.9 Å². The Hall–Kier alpha value is -2.44. The first-order chi connectivity index (χ1) is 13.0. The molecule has 0 aromatic heterocycles. The summed E-state index contributed by atoms with van der Waals surface area (Å²) in [6, 6.07) is 5.09. The Morgan fingerprint density at radius 3 is 2.21 bits per heavy atom. The van der Waals surface area contributed by atoms with E-state index in [-0.39, 0.29) is 29.7 Å². The molecule has 1 atom stereocenters. The van der Waals surface area contributed by atoms with Gasteiger partial charge >= 0.3 is 6.03 Å². The van der Waals surface area contributed by atoms with E-state index in [1.165, 1.54) is 12.1 Å². The molecule has 7 heteroatoms. The molecule has 0 radical (unpaired) electrons. The highest BCUT2D eigenvalue weighted by Gasteiger charge is 2.49. The normalized spacial score (nSPS) is 17.4. The molecule has 1 unspecified atom stereocenters. The third kappa shape index (κ3) is 4.88. The van der Waals surface area contributed by atoms with Gasteiger partial charge in [0, 0.05) is 0 Å². The summed E-state index contributed by atoms with van der Waals surface area (Å²) in [5.74, 6) is -1.14. The largest absolute Gasteiger partial charge is 0.348 e. The second-order valence-electron chi connectivity index (χ2n) is 8.55. The van der Waals surface area contributed by atoms with Crippen molar-refractivity contribution in [3.05, 3.63) is 35.6 Å². The molecular weight excluding hydrogens is 361 g/mol. The van der Waals surface area contributed by atoms with Gasteiger partial charge in [0.15, 0.2) is 0 Å². The minimum Gasteiger partial charge on any atom is -0.348 e. The summed E-state index contributed by atoms with van der Waals surface area (Å²) in [5, 5.41) is 5.62. The number of halogens is 1. The Bertz CT molecular complexity index is 736. The molecule has 4 amide bonds. The van der Waals surface area contributed by atoms with Crippen molar-refractivity contribution in [3.8, 4) is 0 Å². The van der Waals surface area contributed by atoms with Gasteiger partial charge in [0.2, 0.25) is 5.91 Å². The van der Waals surface area contributed by atoms with Crippen LogP contribution in [-0.2, 0) is 9.59 Å². The molecular formula is C21H30FN3O3. The maximum atomic E-state index is 13.3. The van der Waals surface area contributed by atoms with Gasteiger partial charge in [-0.05, 0) is 42.4 Å². The van der Waals surface area contributed by atoms with Crippen LogP contribution in [0.3, 0.4) is 0 Å². The molecule has 2 N–H and O–H groups in total. The molecule has 28 heavy (non-hydrogen) atoms. The number of imide groups is 1. The molecule has 0 saturated carbocycles. The zero-order valence-corrected chi connectivity index (χ0v) is 17.3. The molecule has 0 bridgehead atoms. The van der Waals surface area contributed by atoms with Crippen molar-refractivity contribution in [2.24, 2.45) is 5.41 Å². The number of rotatable bonds is 7. The van der Waals surface area contributed by atoms with Crippen molar-refractivity contribution in [2.45, 2.75) is 65.5 Å². The van der Waals surface area contributed by atoms with Gasteiger partial charge in [-0.2, -0.15) is 0 Å². The molecule has 2 rings (SSSR count). The summed E-state index contributed by atoms with van der Waals surface area (Å²) in [6.07, 6.45) is 1.56. The average molecular weight is 391 g/mol. The molecule has 1 aliphatic heterocycles. The Labute approximate surface area is 165 Å². The third-order valence-corrected chi connectivity index (χ3v) is 5.18. The first kappa shape index (κ1) is 21.9. The quantitative estimate of drug-likeness (QED) is 0.698. The number of nitrogens with one attached hydrogen (secondary N) is 2. The third-order valence-electron chi connectivity index (χ3n) is 5.18. The lowest BCUT2D eigenvalue weighted by atomic mass is 9.85. The lowest BCUT2D eigenvalue weighted by Crippen LogP contribution is -2.47. The standard InChI is InChI=1S/C21H30FN3O3/c1-6-21(7-2)18(27)25(19(28)24-21)13-17(26)23-16(12-20(3,4)5)14-8-10-15(22)11-9-14/h8-11,16H,6-7,12-13H2,1-5H3,(H,23,26)(H,24,28). The van der Waals surface area contributed by atoms with Crippen LogP contribution in [0.15, 0.2) is 24.3 Å². The topological polar surface area (TPSA) is 78.5 Å². The van der Waals surface area contributed by atoms with Crippen molar-refractivity contribution >= 4 is 17.8 Å². The molecule has 1 heterocycles. The summed E-state index contributed by atoms with van der Waals surface area (Å²) in [4.78, 5) is 38.6. The number of carbonyl (C=O) groups is 3. The van der Waals surface area contributed by atoms with Gasteiger partial charge in [-0.15, -0.1) is 0 Å². The van der Waals surface area contributed by atoms with Gasteiger partial charge in [-0.25, -0.2) is 9.18 Å². The fourth-order valence-electron chi connectivity index (χ4n) is 3.49. The Morgan fingerprint density at radius 2 is 1.75 bits per heavy atom. The monoisotopic (exact) mass is 391 g/mol. The number of benzene rings is 1. The summed E-state index contributed by atoms with van der Waals surface area (Å²) in [5.41, 5.74) is -0.246. The Morgan fingerprint density at radius 1 is 1.18 bits per heavy atom. The molecule has 6 nitrogen and oxygen atoms in total. The molecule has 1 aromatic rings. The van der Waals surface area contributed by atoms with Crippen LogP contribution in [0, 0.1) is 11.2 Å². The maximum Gasteiger partial charge on any atom is 0.325 e. The summed E-state index contributed by atoms with van der Waals surface area (Å²) < 4.78 is 13.3. The number of amides is 4. The van der Waals surface area contributed by atoms with Gasteiger partial charge in [-0.1, -0.05) is 46.8 Å². The number of nitrogens with zero attached hydrogens (tertiary/aromatic N) is 1. The van der Waals surface area contributed by atoms with Crippen LogP contribution < -0.4 is 10.6 Å². The second-order valence-corrected chi connectivity index (χ2v) is 8.55. The van der Waals surface area contributed by atoms with E-state index >= 15 is 0 Å². The molecule has 0 aliphatic carbocycles. The fourth-order valence-corrected chi connectivity index (χ4v) is 3.49. The number of hydrogen-bond donors (Lipinski definition) is 2. The lowest BCUT2D eigenvalue weighted by Gasteiger charge is -2.28. The van der Waals surface area contributed by atoms with E-state index in [0.717, 1.165) is 10.5 Å². The van der Waals surface area contributed by atoms with Crippen LogP contribution in [-0.4, -0.2) is 34.8 Å². The van der Waals surface area contributed by atoms with Gasteiger partial charge in [-0.3, -0.25) is 14.5 Å². The zero-order valence-electron chi connectivity index (χ0n) is 17.3. The van der Waals surface area contributed by atoms with E-state index in [1.54, 1.807) is 12.1 Å². The van der Waals surface area contributed by atoms with E-state index in [4.69, 9.17) is 0 Å². The maximum absolute atomic E-state index is 13.3. The number of carbonyl (C=O) groups excluding carboxylic acids is 3. The van der Waals surface area contributed by atoms with Crippen LogP contribution in [0.25, 0.3) is 0 Å². The molecule has 154 valence electrons. The van der Waals surface area contributed by atoms with Crippen molar-refractivity contribution in [3.63, 3.8) is 0 Å². The van der Waals surface area contributed by atoms with Crippen LogP contribution in [0.2, 0.25) is 0 Å². The van der Waals surface area contributed by atoms with Crippen molar-refractivity contribution in [2.75, 3.05) is 6.54 Å². The first-order valence-electron chi connectivity index (χ1n) is 9.70. The number of hydrogen-bond acceptors (Lipinski definition) is 3. The zero-order chi connectivity index (χ0) is 21.1.